The van der Waals surface area contributed by atoms with Crippen LogP contribution in [0.4, 0.5) is 10.8 Å². The first kappa shape index (κ1) is 18.0. The van der Waals surface area contributed by atoms with Crippen molar-refractivity contribution in [2.24, 2.45) is 4.99 Å². The fourth-order valence-corrected chi connectivity index (χ4v) is 2.94. The number of hydrogen-bond donors (Lipinski definition) is 1. The number of thiazole rings is 1. The number of hydrogen-bond acceptors (Lipinski definition) is 6. The molecular weight excluding hydrogens is 322 g/mol. The van der Waals surface area contributed by atoms with Gasteiger partial charge in [0.25, 0.3) is 0 Å². The molecule has 2 aromatic rings. The van der Waals surface area contributed by atoms with Crippen LogP contribution in [0.25, 0.3) is 5.76 Å². The summed E-state index contributed by atoms with van der Waals surface area (Å²) in [6.45, 7) is 6.10. The highest BCUT2D eigenvalue weighted by atomic mass is 32.1. The van der Waals surface area contributed by atoms with Gasteiger partial charge in [-0.1, -0.05) is 0 Å². The zero-order valence-corrected chi connectivity index (χ0v) is 15.5. The van der Waals surface area contributed by atoms with Gasteiger partial charge in [-0.15, -0.1) is 11.3 Å². The Morgan fingerprint density at radius 1 is 1.33 bits per heavy atom. The number of aliphatic imine (C=N–C) groups is 1. The molecule has 1 aromatic heterocycles. The van der Waals surface area contributed by atoms with Crippen LogP contribution in [-0.4, -0.2) is 31.5 Å². The third-order valence-corrected chi connectivity index (χ3v) is 4.01. The van der Waals surface area contributed by atoms with Crippen LogP contribution < -0.4 is 10.1 Å². The minimum absolute atomic E-state index is 0.352. The van der Waals surface area contributed by atoms with Crippen molar-refractivity contribution in [2.75, 3.05) is 19.5 Å². The van der Waals surface area contributed by atoms with E-state index in [0.29, 0.717) is 6.04 Å². The summed E-state index contributed by atoms with van der Waals surface area (Å²) in [5.41, 5.74) is 2.50. The maximum Gasteiger partial charge on any atom is 0.183 e. The molecular formula is C18H23N3O2S. The van der Waals surface area contributed by atoms with Crippen LogP contribution in [0.1, 0.15) is 32.0 Å². The van der Waals surface area contributed by atoms with E-state index in [9.17, 15) is 0 Å². The minimum Gasteiger partial charge on any atom is -0.497 e. The molecule has 0 saturated heterocycles. The van der Waals surface area contributed by atoms with Gasteiger partial charge in [-0.2, -0.15) is 0 Å². The lowest BCUT2D eigenvalue weighted by molar-refractivity contribution is 0.369. The van der Waals surface area contributed by atoms with Crippen molar-refractivity contribution in [1.29, 1.82) is 0 Å². The zero-order valence-electron chi connectivity index (χ0n) is 14.7. The molecule has 0 amide bonds. The van der Waals surface area contributed by atoms with E-state index < -0.39 is 0 Å². The Bertz CT molecular complexity index is 736. The number of benzene rings is 1. The lowest BCUT2D eigenvalue weighted by atomic mass is 10.1. The summed E-state index contributed by atoms with van der Waals surface area (Å²) < 4.78 is 10.7. The Kier molecular flexibility index (Phi) is 6.37. The van der Waals surface area contributed by atoms with E-state index in [4.69, 9.17) is 9.47 Å². The summed E-state index contributed by atoms with van der Waals surface area (Å²) in [5, 5.41) is 6.15. The fraction of sp³-hybridized carbons (Fsp3) is 0.333. The standard InChI is InChI=1S/C18H23N3O2S/c1-6-17(23-5)15-8-7-14(22-4)9-16(15)19-10-13-11-24-18(21-13)20-12(2)3/h6-12H,1-5H3,(H,20,21)/b17-6+,19-10?. The average Bonchev–Trinajstić information content (AvgIpc) is 3.01. The SMILES string of the molecule is C/C=C(/OC)c1ccc(OC)cc1N=Cc1csc(NC(C)C)n1. The number of nitrogens with one attached hydrogen (secondary N) is 1. The van der Waals surface area contributed by atoms with Gasteiger partial charge in [0.15, 0.2) is 5.13 Å². The maximum atomic E-state index is 5.42. The molecule has 2 rings (SSSR count). The van der Waals surface area contributed by atoms with Crippen LogP contribution in [0.3, 0.4) is 0 Å². The van der Waals surface area contributed by atoms with Gasteiger partial charge in [-0.3, -0.25) is 4.99 Å². The number of ether oxygens (including phenoxy) is 2. The first-order valence-electron chi connectivity index (χ1n) is 7.72. The van der Waals surface area contributed by atoms with Crippen LogP contribution in [-0.2, 0) is 4.74 Å². The number of aromatic nitrogens is 1. The summed E-state index contributed by atoms with van der Waals surface area (Å²) in [6, 6.07) is 6.07. The van der Waals surface area contributed by atoms with E-state index in [2.05, 4.69) is 29.1 Å². The lowest BCUT2D eigenvalue weighted by Crippen LogP contribution is -2.09. The van der Waals surface area contributed by atoms with Gasteiger partial charge < -0.3 is 14.8 Å². The first-order chi connectivity index (χ1) is 11.6. The van der Waals surface area contributed by atoms with Crippen molar-refractivity contribution < 1.29 is 9.47 Å². The van der Waals surface area contributed by atoms with Crippen LogP contribution in [0.2, 0.25) is 0 Å². The Balaban J connectivity index is 2.31. The molecule has 1 aromatic carbocycles. The minimum atomic E-state index is 0.352. The molecule has 1 N–H and O–H groups in total. The molecule has 0 bridgehead atoms. The molecule has 0 aliphatic carbocycles. The van der Waals surface area contributed by atoms with Crippen LogP contribution in [0, 0.1) is 0 Å². The van der Waals surface area contributed by atoms with Gasteiger partial charge >= 0.3 is 0 Å². The van der Waals surface area contributed by atoms with Gasteiger partial charge in [-0.05, 0) is 39.0 Å². The summed E-state index contributed by atoms with van der Waals surface area (Å²) >= 11 is 1.57. The topological polar surface area (TPSA) is 55.7 Å². The molecule has 0 unspecified atom stereocenters. The molecule has 0 fully saturated rings. The molecule has 0 spiro atoms. The molecule has 0 aliphatic rings. The van der Waals surface area contributed by atoms with Gasteiger partial charge in [0.05, 0.1) is 31.8 Å². The first-order valence-corrected chi connectivity index (χ1v) is 8.60. The highest BCUT2D eigenvalue weighted by molar-refractivity contribution is 7.13. The van der Waals surface area contributed by atoms with Crippen molar-refractivity contribution in [1.82, 2.24) is 4.98 Å². The second kappa shape index (κ2) is 8.49. The van der Waals surface area contributed by atoms with Crippen molar-refractivity contribution in [2.45, 2.75) is 26.8 Å². The van der Waals surface area contributed by atoms with E-state index in [1.165, 1.54) is 0 Å². The van der Waals surface area contributed by atoms with Gasteiger partial charge in [0, 0.05) is 23.1 Å². The van der Waals surface area contributed by atoms with Crippen LogP contribution in [0.15, 0.2) is 34.6 Å². The molecule has 0 aliphatic heterocycles. The summed E-state index contributed by atoms with van der Waals surface area (Å²) in [4.78, 5) is 9.09. The van der Waals surface area contributed by atoms with Crippen LogP contribution >= 0.6 is 11.3 Å². The molecule has 0 saturated carbocycles. The summed E-state index contributed by atoms with van der Waals surface area (Å²) in [6.07, 6.45) is 3.66. The second-order valence-corrected chi connectivity index (χ2v) is 6.23. The molecule has 0 atom stereocenters. The number of anilines is 1. The van der Waals surface area contributed by atoms with E-state index in [0.717, 1.165) is 33.6 Å². The normalized spacial score (nSPS) is 12.0. The third kappa shape index (κ3) is 4.58. The smallest absolute Gasteiger partial charge is 0.183 e. The predicted octanol–water partition coefficient (Wildman–Crippen LogP) is 4.73. The van der Waals surface area contributed by atoms with E-state index >= 15 is 0 Å². The third-order valence-electron chi connectivity index (χ3n) is 3.22. The average molecular weight is 345 g/mol. The fourth-order valence-electron chi connectivity index (χ4n) is 2.13. The lowest BCUT2D eigenvalue weighted by Gasteiger charge is -2.10. The van der Waals surface area contributed by atoms with E-state index in [1.54, 1.807) is 31.8 Å². The quantitative estimate of drug-likeness (QED) is 0.582. The molecule has 0 radical (unpaired) electrons. The Morgan fingerprint density at radius 2 is 2.12 bits per heavy atom. The summed E-state index contributed by atoms with van der Waals surface area (Å²) in [5.74, 6) is 1.52. The Hall–Kier alpha value is -2.34. The number of methoxy groups -OCH3 is 2. The van der Waals surface area contributed by atoms with Crippen molar-refractivity contribution >= 4 is 34.1 Å². The van der Waals surface area contributed by atoms with Crippen molar-refractivity contribution in [3.8, 4) is 5.75 Å². The van der Waals surface area contributed by atoms with Crippen LogP contribution in [0.5, 0.6) is 5.75 Å². The van der Waals surface area contributed by atoms with Gasteiger partial charge in [0.1, 0.15) is 11.5 Å². The number of nitrogens with zero attached hydrogens (tertiary/aromatic N) is 2. The van der Waals surface area contributed by atoms with Crippen molar-refractivity contribution in [3.05, 3.63) is 40.9 Å². The second-order valence-electron chi connectivity index (χ2n) is 5.37. The van der Waals surface area contributed by atoms with Gasteiger partial charge in [-0.25, -0.2) is 4.98 Å². The largest absolute Gasteiger partial charge is 0.497 e. The molecule has 5 nitrogen and oxygen atoms in total. The number of rotatable bonds is 7. The highest BCUT2D eigenvalue weighted by Crippen LogP contribution is 2.31. The van der Waals surface area contributed by atoms with Gasteiger partial charge in [0.2, 0.25) is 0 Å². The van der Waals surface area contributed by atoms with E-state index in [-0.39, 0.29) is 0 Å². The molecule has 24 heavy (non-hydrogen) atoms. The molecule has 128 valence electrons. The molecule has 6 heteroatoms. The maximum absolute atomic E-state index is 5.42. The monoisotopic (exact) mass is 345 g/mol. The summed E-state index contributed by atoms with van der Waals surface area (Å²) in [7, 11) is 3.29. The Morgan fingerprint density at radius 3 is 2.75 bits per heavy atom. The predicted molar refractivity (Wildman–Crippen MR) is 102 cm³/mol. The highest BCUT2D eigenvalue weighted by Gasteiger charge is 2.09. The van der Waals surface area contributed by atoms with E-state index in [1.807, 2.05) is 36.6 Å². The number of allylic oxidation sites excluding steroid dienone is 1. The zero-order chi connectivity index (χ0) is 17.5. The Labute approximate surface area is 147 Å². The molecule has 1 heterocycles. The van der Waals surface area contributed by atoms with Crippen molar-refractivity contribution in [3.63, 3.8) is 0 Å².